The molecule has 0 radical (unpaired) electrons. The number of benzene rings is 1. The Morgan fingerprint density at radius 1 is 1.18 bits per heavy atom. The van der Waals surface area contributed by atoms with Gasteiger partial charge in [-0.2, -0.15) is 18.3 Å². The van der Waals surface area contributed by atoms with Gasteiger partial charge in [0.1, 0.15) is 16.9 Å². The second-order valence-corrected chi connectivity index (χ2v) is 7.79. The van der Waals surface area contributed by atoms with Gasteiger partial charge in [0.2, 0.25) is 0 Å². The van der Waals surface area contributed by atoms with E-state index in [4.69, 9.17) is 0 Å². The first kappa shape index (κ1) is 20.1. The van der Waals surface area contributed by atoms with Crippen LogP contribution in [0.2, 0.25) is 0 Å². The van der Waals surface area contributed by atoms with Gasteiger partial charge >= 0.3 is 6.18 Å². The molecule has 9 heteroatoms. The summed E-state index contributed by atoms with van der Waals surface area (Å²) in [6.45, 7) is 6.92. The molecule has 0 saturated heterocycles. The highest BCUT2D eigenvalue weighted by Gasteiger charge is 2.34. The van der Waals surface area contributed by atoms with Gasteiger partial charge in [-0.25, -0.2) is 9.67 Å². The Balaban J connectivity index is 2.26. The smallest absolute Gasteiger partial charge is 0.390 e. The van der Waals surface area contributed by atoms with Crippen molar-refractivity contribution >= 4 is 11.0 Å². The van der Waals surface area contributed by atoms with Crippen molar-refractivity contribution in [3.63, 3.8) is 0 Å². The monoisotopic (exact) mass is 394 g/mol. The van der Waals surface area contributed by atoms with Crippen LogP contribution >= 0.6 is 0 Å². The molecule has 0 bridgehead atoms. The molecule has 1 atom stereocenters. The molecule has 3 aromatic rings. The largest absolute Gasteiger partial charge is 0.416 e. The molecule has 0 aliphatic rings. The molecular weight excluding hydrogens is 373 g/mol. The van der Waals surface area contributed by atoms with Gasteiger partial charge in [0.15, 0.2) is 5.65 Å². The predicted molar refractivity (Wildman–Crippen MR) is 97.8 cm³/mol. The topological polar surface area (TPSA) is 83.8 Å². The van der Waals surface area contributed by atoms with Crippen LogP contribution in [0.1, 0.15) is 49.5 Å². The lowest BCUT2D eigenvalue weighted by Gasteiger charge is -2.32. The molecule has 0 amide bonds. The van der Waals surface area contributed by atoms with Crippen molar-refractivity contribution in [1.29, 1.82) is 0 Å². The van der Waals surface area contributed by atoms with E-state index in [2.05, 4.69) is 15.1 Å². The minimum Gasteiger partial charge on any atom is -0.390 e. The predicted octanol–water partition coefficient (Wildman–Crippen LogP) is 3.57. The van der Waals surface area contributed by atoms with E-state index in [9.17, 15) is 23.1 Å². The van der Waals surface area contributed by atoms with Crippen LogP contribution < -0.4 is 5.56 Å². The fourth-order valence-electron chi connectivity index (χ4n) is 3.38. The quantitative estimate of drug-likeness (QED) is 0.711. The summed E-state index contributed by atoms with van der Waals surface area (Å²) < 4.78 is 40.3. The highest BCUT2D eigenvalue weighted by Crippen LogP contribution is 2.39. The molecule has 0 spiro atoms. The lowest BCUT2D eigenvalue weighted by Crippen LogP contribution is -2.27. The number of aryl methyl sites for hydroxylation is 1. The summed E-state index contributed by atoms with van der Waals surface area (Å²) in [6, 6.07) is 4.36. The van der Waals surface area contributed by atoms with Gasteiger partial charge < -0.3 is 10.1 Å². The Labute approximate surface area is 159 Å². The van der Waals surface area contributed by atoms with Crippen molar-refractivity contribution in [1.82, 2.24) is 19.7 Å². The summed E-state index contributed by atoms with van der Waals surface area (Å²) in [5, 5.41) is 14.2. The van der Waals surface area contributed by atoms with Crippen LogP contribution in [-0.2, 0) is 12.8 Å². The highest BCUT2D eigenvalue weighted by molar-refractivity contribution is 5.77. The fraction of sp³-hybridized carbons (Fsp3) is 0.421. The van der Waals surface area contributed by atoms with Crippen LogP contribution in [0.5, 0.6) is 0 Å². The highest BCUT2D eigenvalue weighted by atomic mass is 19.4. The van der Waals surface area contributed by atoms with E-state index in [1.165, 1.54) is 16.8 Å². The summed E-state index contributed by atoms with van der Waals surface area (Å²) in [6.07, 6.45) is -4.43. The lowest BCUT2D eigenvalue weighted by atomic mass is 9.82. The maximum Gasteiger partial charge on any atom is 0.416 e. The normalized spacial score (nSPS) is 13.9. The third-order valence-electron chi connectivity index (χ3n) is 4.52. The first-order chi connectivity index (χ1) is 12.9. The first-order valence-corrected chi connectivity index (χ1v) is 8.69. The first-order valence-electron chi connectivity index (χ1n) is 8.69. The number of hydrogen-bond donors (Lipinski definition) is 2. The van der Waals surface area contributed by atoms with E-state index in [1.54, 1.807) is 6.92 Å². The standard InChI is InChI=1S/C19H21F3N4O2/c1-10-23-16-14(17(28)24-10)13(9-27)25-26(16)15(18(2,3)4)11-5-7-12(8-6-11)19(20,21)22/h5-8,15,27H,9H2,1-4H3,(H,23,24,28)/t15-/m0/s1. The van der Waals surface area contributed by atoms with Gasteiger partial charge in [-0.05, 0) is 30.0 Å². The van der Waals surface area contributed by atoms with Crippen molar-refractivity contribution in [3.8, 4) is 0 Å². The number of fused-ring (bicyclic) bond motifs is 1. The SMILES string of the molecule is Cc1nc2c(c(CO)nn2[C@@H](c2ccc(C(F)(F)F)cc2)C(C)(C)C)c(=O)[nH]1. The number of hydrogen-bond acceptors (Lipinski definition) is 4. The van der Waals surface area contributed by atoms with Crippen molar-refractivity contribution in [2.24, 2.45) is 5.41 Å². The Morgan fingerprint density at radius 3 is 2.29 bits per heavy atom. The number of aromatic nitrogens is 4. The average molecular weight is 394 g/mol. The number of H-pyrrole nitrogens is 1. The van der Waals surface area contributed by atoms with Crippen molar-refractivity contribution in [2.45, 2.75) is 46.5 Å². The number of aliphatic hydroxyl groups excluding tert-OH is 1. The van der Waals surface area contributed by atoms with Crippen LogP contribution in [0.3, 0.4) is 0 Å². The number of rotatable bonds is 3. The summed E-state index contributed by atoms with van der Waals surface area (Å²) in [4.78, 5) is 19.3. The molecule has 2 heterocycles. The van der Waals surface area contributed by atoms with E-state index in [0.717, 1.165) is 12.1 Å². The molecule has 6 nitrogen and oxygen atoms in total. The Morgan fingerprint density at radius 2 is 1.79 bits per heavy atom. The van der Waals surface area contributed by atoms with E-state index in [-0.39, 0.29) is 16.7 Å². The molecule has 0 fully saturated rings. The molecule has 1 aromatic carbocycles. The second-order valence-electron chi connectivity index (χ2n) is 7.79. The number of alkyl halides is 3. The zero-order valence-corrected chi connectivity index (χ0v) is 15.9. The van der Waals surface area contributed by atoms with E-state index >= 15 is 0 Å². The van der Waals surface area contributed by atoms with Crippen LogP contribution in [0.4, 0.5) is 13.2 Å². The average Bonchev–Trinajstić information content (AvgIpc) is 2.92. The second kappa shape index (κ2) is 6.73. The number of aromatic amines is 1. The minimum absolute atomic E-state index is 0.171. The molecular formula is C19H21F3N4O2. The van der Waals surface area contributed by atoms with Crippen LogP contribution in [0.25, 0.3) is 11.0 Å². The molecule has 3 rings (SSSR count). The molecule has 0 saturated carbocycles. The molecule has 2 aromatic heterocycles. The van der Waals surface area contributed by atoms with Crippen LogP contribution in [0.15, 0.2) is 29.1 Å². The Bertz CT molecular complexity index is 1060. The molecule has 0 unspecified atom stereocenters. The third kappa shape index (κ3) is 3.54. The Hall–Kier alpha value is -2.68. The van der Waals surface area contributed by atoms with Crippen molar-refractivity contribution < 1.29 is 18.3 Å². The van der Waals surface area contributed by atoms with Gasteiger partial charge in [0.05, 0.1) is 18.2 Å². The van der Waals surface area contributed by atoms with Crippen LogP contribution in [0, 0.1) is 12.3 Å². The fourth-order valence-corrected chi connectivity index (χ4v) is 3.38. The van der Waals surface area contributed by atoms with Crippen molar-refractivity contribution in [2.75, 3.05) is 0 Å². The summed E-state index contributed by atoms with van der Waals surface area (Å²) in [5.41, 5.74) is -0.582. The molecule has 150 valence electrons. The third-order valence-corrected chi connectivity index (χ3v) is 4.52. The van der Waals surface area contributed by atoms with Gasteiger partial charge in [-0.15, -0.1) is 0 Å². The summed E-state index contributed by atoms with van der Waals surface area (Å²) >= 11 is 0. The maximum absolute atomic E-state index is 12.9. The van der Waals surface area contributed by atoms with E-state index in [1.807, 2.05) is 20.8 Å². The molecule has 0 aliphatic carbocycles. The molecule has 2 N–H and O–H groups in total. The van der Waals surface area contributed by atoms with Gasteiger partial charge in [-0.3, -0.25) is 4.79 Å². The summed E-state index contributed by atoms with van der Waals surface area (Å²) in [5.74, 6) is 0.378. The number of aliphatic hydroxyl groups is 1. The molecule has 28 heavy (non-hydrogen) atoms. The number of nitrogens with zero attached hydrogens (tertiary/aromatic N) is 3. The van der Waals surface area contributed by atoms with E-state index in [0.29, 0.717) is 11.4 Å². The van der Waals surface area contributed by atoms with Gasteiger partial charge in [-0.1, -0.05) is 32.9 Å². The van der Waals surface area contributed by atoms with E-state index < -0.39 is 35.4 Å². The number of halogens is 3. The summed E-state index contributed by atoms with van der Waals surface area (Å²) in [7, 11) is 0. The minimum atomic E-state index is -4.43. The number of nitrogens with one attached hydrogen (secondary N) is 1. The Kier molecular flexibility index (Phi) is 4.82. The zero-order valence-electron chi connectivity index (χ0n) is 15.9. The van der Waals surface area contributed by atoms with Gasteiger partial charge in [0, 0.05) is 0 Å². The van der Waals surface area contributed by atoms with Crippen molar-refractivity contribution in [3.05, 3.63) is 57.3 Å². The molecule has 0 aliphatic heterocycles. The zero-order chi connectivity index (χ0) is 20.9. The lowest BCUT2D eigenvalue weighted by molar-refractivity contribution is -0.137. The maximum atomic E-state index is 12.9. The van der Waals surface area contributed by atoms with Crippen LogP contribution in [-0.4, -0.2) is 24.9 Å². The van der Waals surface area contributed by atoms with Gasteiger partial charge in [0.25, 0.3) is 5.56 Å².